The number of benzene rings is 1. The van der Waals surface area contributed by atoms with Crippen molar-refractivity contribution in [3.05, 3.63) is 40.0 Å². The van der Waals surface area contributed by atoms with Crippen molar-refractivity contribution in [1.82, 2.24) is 20.0 Å². The van der Waals surface area contributed by atoms with Crippen LogP contribution in [0.3, 0.4) is 0 Å². The van der Waals surface area contributed by atoms with E-state index in [1.54, 1.807) is 0 Å². The van der Waals surface area contributed by atoms with Gasteiger partial charge < -0.3 is 4.74 Å². The van der Waals surface area contributed by atoms with E-state index in [1.165, 1.54) is 16.6 Å². The first-order valence-corrected chi connectivity index (χ1v) is 7.08. The Morgan fingerprint density at radius 2 is 2.25 bits per heavy atom. The summed E-state index contributed by atoms with van der Waals surface area (Å²) in [6.45, 7) is 4.07. The lowest BCUT2D eigenvalue weighted by Gasteiger charge is -2.09. The molecule has 3 aromatic rings. The molecule has 0 atom stereocenters. The summed E-state index contributed by atoms with van der Waals surface area (Å²) in [5.74, 6) is -1.13. The number of pyridine rings is 1. The lowest BCUT2D eigenvalue weighted by atomic mass is 10.1. The van der Waals surface area contributed by atoms with Crippen LogP contribution in [0.5, 0.6) is 0 Å². The second-order valence-corrected chi connectivity index (χ2v) is 5.52. The van der Waals surface area contributed by atoms with Crippen molar-refractivity contribution in [2.45, 2.75) is 13.8 Å². The molecule has 0 fully saturated rings. The number of azide groups is 1. The molecule has 0 unspecified atom stereocenters. The summed E-state index contributed by atoms with van der Waals surface area (Å²) in [5.41, 5.74) is 9.02. The van der Waals surface area contributed by atoms with Gasteiger partial charge in [0, 0.05) is 10.3 Å². The van der Waals surface area contributed by atoms with Crippen LogP contribution in [0, 0.1) is 11.7 Å². The minimum absolute atomic E-state index is 0.129. The predicted molar refractivity (Wildman–Crippen MR) is 82.2 cm³/mol. The first kappa shape index (κ1) is 15.6. The normalized spacial score (nSPS) is 11.0. The highest BCUT2D eigenvalue weighted by molar-refractivity contribution is 6.00. The molecule has 10 heteroatoms. The summed E-state index contributed by atoms with van der Waals surface area (Å²) in [6.07, 6.45) is 0. The number of carbonyl (C=O) groups excluding carboxylic acids is 1. The van der Waals surface area contributed by atoms with Crippen molar-refractivity contribution in [3.8, 4) is 0 Å². The SMILES string of the molecule is CC(C)COC(=O)c1cc2cc(F)c(N=[N+]=[N-])cc2n2nnnc12. The molecule has 9 nitrogen and oxygen atoms in total. The first-order chi connectivity index (χ1) is 11.5. The van der Waals surface area contributed by atoms with E-state index < -0.39 is 11.8 Å². The molecule has 0 saturated carbocycles. The van der Waals surface area contributed by atoms with Gasteiger partial charge in [0.25, 0.3) is 0 Å². The highest BCUT2D eigenvalue weighted by Crippen LogP contribution is 2.27. The molecule has 2 aromatic heterocycles. The summed E-state index contributed by atoms with van der Waals surface area (Å²) in [7, 11) is 0. The third kappa shape index (κ3) is 2.70. The Morgan fingerprint density at radius 3 is 2.96 bits per heavy atom. The standard InChI is InChI=1S/C14H12FN7O2/c1-7(2)6-24-14(23)9-3-8-4-10(15)11(17-19-16)5-12(8)22-13(9)18-20-21-22/h3-5,7H,6H2,1-2H3. The Kier molecular flexibility index (Phi) is 3.97. The molecule has 24 heavy (non-hydrogen) atoms. The minimum atomic E-state index is -0.714. The maximum atomic E-state index is 14.0. The fourth-order valence-electron chi connectivity index (χ4n) is 2.20. The van der Waals surface area contributed by atoms with Crippen LogP contribution in [0.1, 0.15) is 24.2 Å². The Bertz CT molecular complexity index is 992. The highest BCUT2D eigenvalue weighted by Gasteiger charge is 2.19. The molecule has 0 aliphatic heterocycles. The number of hydrogen-bond donors (Lipinski definition) is 0. The number of nitrogens with zero attached hydrogens (tertiary/aromatic N) is 7. The lowest BCUT2D eigenvalue weighted by Crippen LogP contribution is -2.12. The molecule has 0 radical (unpaired) electrons. The summed E-state index contributed by atoms with van der Waals surface area (Å²) >= 11 is 0. The second kappa shape index (κ2) is 6.09. The van der Waals surface area contributed by atoms with Gasteiger partial charge in [0.1, 0.15) is 11.4 Å². The quantitative estimate of drug-likeness (QED) is 0.315. The van der Waals surface area contributed by atoms with Crippen LogP contribution in [-0.2, 0) is 4.74 Å². The van der Waals surface area contributed by atoms with Gasteiger partial charge in [0.15, 0.2) is 5.65 Å². The molecule has 0 aliphatic rings. The van der Waals surface area contributed by atoms with Crippen molar-refractivity contribution >= 4 is 28.2 Å². The number of rotatable bonds is 4. The number of ether oxygens (including phenoxy) is 1. The Balaban J connectivity index is 2.21. The van der Waals surface area contributed by atoms with Crippen molar-refractivity contribution in [2.24, 2.45) is 11.0 Å². The van der Waals surface area contributed by atoms with Crippen molar-refractivity contribution in [1.29, 1.82) is 0 Å². The number of halogens is 1. The molecule has 0 N–H and O–H groups in total. The van der Waals surface area contributed by atoms with Crippen LogP contribution in [-0.4, -0.2) is 32.6 Å². The summed E-state index contributed by atoms with van der Waals surface area (Å²) in [5, 5.41) is 14.8. The summed E-state index contributed by atoms with van der Waals surface area (Å²) < 4.78 is 20.5. The molecule has 122 valence electrons. The third-order valence-corrected chi connectivity index (χ3v) is 3.25. The molecule has 1 aromatic carbocycles. The molecular formula is C14H12FN7O2. The zero-order valence-electron chi connectivity index (χ0n) is 12.8. The molecule has 2 heterocycles. The number of aromatic nitrogens is 4. The van der Waals surface area contributed by atoms with Gasteiger partial charge in [-0.3, -0.25) is 0 Å². The Labute approximate surface area is 134 Å². The molecule has 3 rings (SSSR count). The fourth-order valence-corrected chi connectivity index (χ4v) is 2.20. The molecule has 0 aliphatic carbocycles. The summed E-state index contributed by atoms with van der Waals surface area (Å²) in [6, 6.07) is 3.92. The van der Waals surface area contributed by atoms with Crippen LogP contribution < -0.4 is 0 Å². The van der Waals surface area contributed by atoms with Crippen LogP contribution in [0.4, 0.5) is 10.1 Å². The largest absolute Gasteiger partial charge is 0.462 e. The number of esters is 1. The first-order valence-electron chi connectivity index (χ1n) is 7.08. The summed E-state index contributed by atoms with van der Waals surface area (Å²) in [4.78, 5) is 14.8. The van der Waals surface area contributed by atoms with Gasteiger partial charge in [-0.25, -0.2) is 9.18 Å². The number of fused-ring (bicyclic) bond motifs is 3. The van der Waals surface area contributed by atoms with Crippen LogP contribution in [0.15, 0.2) is 23.3 Å². The van der Waals surface area contributed by atoms with E-state index in [0.717, 1.165) is 6.07 Å². The maximum Gasteiger partial charge on any atom is 0.342 e. The van der Waals surface area contributed by atoms with E-state index in [1.807, 2.05) is 13.8 Å². The van der Waals surface area contributed by atoms with Crippen molar-refractivity contribution in [2.75, 3.05) is 6.61 Å². The average molecular weight is 329 g/mol. The van der Waals surface area contributed by atoms with E-state index >= 15 is 0 Å². The van der Waals surface area contributed by atoms with E-state index in [-0.39, 0.29) is 29.4 Å². The van der Waals surface area contributed by atoms with Gasteiger partial charge in [0.2, 0.25) is 0 Å². The van der Waals surface area contributed by atoms with Gasteiger partial charge in [0.05, 0.1) is 17.8 Å². The van der Waals surface area contributed by atoms with Crippen LogP contribution in [0.25, 0.3) is 27.0 Å². The van der Waals surface area contributed by atoms with E-state index in [2.05, 4.69) is 25.6 Å². The van der Waals surface area contributed by atoms with Crippen molar-refractivity contribution in [3.63, 3.8) is 0 Å². The Hall–Kier alpha value is -3.26. The van der Waals surface area contributed by atoms with E-state index in [9.17, 15) is 9.18 Å². The lowest BCUT2D eigenvalue weighted by molar-refractivity contribution is 0.0460. The molecular weight excluding hydrogens is 317 g/mol. The molecule has 0 spiro atoms. The monoisotopic (exact) mass is 329 g/mol. The van der Waals surface area contributed by atoms with Gasteiger partial charge in [-0.05, 0) is 40.1 Å². The number of hydrogen-bond acceptors (Lipinski definition) is 6. The topological polar surface area (TPSA) is 118 Å². The minimum Gasteiger partial charge on any atom is -0.462 e. The number of tetrazole rings is 1. The molecule has 0 saturated heterocycles. The highest BCUT2D eigenvalue weighted by atomic mass is 19.1. The van der Waals surface area contributed by atoms with Crippen LogP contribution >= 0.6 is 0 Å². The van der Waals surface area contributed by atoms with Gasteiger partial charge >= 0.3 is 5.97 Å². The maximum absolute atomic E-state index is 14.0. The third-order valence-electron chi connectivity index (χ3n) is 3.25. The van der Waals surface area contributed by atoms with Crippen molar-refractivity contribution < 1.29 is 13.9 Å². The predicted octanol–water partition coefficient (Wildman–Crippen LogP) is 3.17. The van der Waals surface area contributed by atoms with E-state index in [4.69, 9.17) is 10.3 Å². The van der Waals surface area contributed by atoms with Crippen LogP contribution in [0.2, 0.25) is 0 Å². The zero-order valence-corrected chi connectivity index (χ0v) is 12.8. The molecule has 0 amide bonds. The van der Waals surface area contributed by atoms with Gasteiger partial charge in [-0.1, -0.05) is 19.0 Å². The van der Waals surface area contributed by atoms with Gasteiger partial charge in [-0.2, -0.15) is 4.52 Å². The average Bonchev–Trinajstić information content (AvgIpc) is 3.02. The molecule has 0 bridgehead atoms. The van der Waals surface area contributed by atoms with Gasteiger partial charge in [-0.15, -0.1) is 5.10 Å². The fraction of sp³-hybridized carbons (Fsp3) is 0.286. The Morgan fingerprint density at radius 1 is 1.46 bits per heavy atom. The van der Waals surface area contributed by atoms with E-state index in [0.29, 0.717) is 10.9 Å². The number of carbonyl (C=O) groups is 1. The zero-order chi connectivity index (χ0) is 17.3. The smallest absolute Gasteiger partial charge is 0.342 e. The second-order valence-electron chi connectivity index (χ2n) is 5.52.